The summed E-state index contributed by atoms with van der Waals surface area (Å²) >= 11 is 0. The molecule has 0 aliphatic heterocycles. The van der Waals surface area contributed by atoms with Gasteiger partial charge in [-0.2, -0.15) is 0 Å². The van der Waals surface area contributed by atoms with Gasteiger partial charge < -0.3 is 5.32 Å². The van der Waals surface area contributed by atoms with E-state index in [2.05, 4.69) is 57.3 Å². The summed E-state index contributed by atoms with van der Waals surface area (Å²) in [6.45, 7) is 10.1. The molecule has 84 valence electrons. The number of nitrogens with one attached hydrogen (secondary N) is 1. The average Bonchev–Trinajstić information content (AvgIpc) is 2.16. The van der Waals surface area contributed by atoms with E-state index in [0.717, 1.165) is 13.0 Å². The van der Waals surface area contributed by atoms with Gasteiger partial charge in [0.15, 0.2) is 0 Å². The Bertz CT molecular complexity index is 296. The Balaban J connectivity index is 2.50. The van der Waals surface area contributed by atoms with Crippen molar-refractivity contribution in [2.45, 2.75) is 40.5 Å². The topological polar surface area (TPSA) is 12.0 Å². The number of hydrogen-bond donors (Lipinski definition) is 1. The van der Waals surface area contributed by atoms with E-state index in [0.29, 0.717) is 5.41 Å². The minimum Gasteiger partial charge on any atom is -0.385 e. The van der Waals surface area contributed by atoms with Gasteiger partial charge in [0.25, 0.3) is 0 Å². The Morgan fingerprint density at radius 3 is 2.40 bits per heavy atom. The van der Waals surface area contributed by atoms with Gasteiger partial charge in [-0.1, -0.05) is 45.9 Å². The van der Waals surface area contributed by atoms with Crippen molar-refractivity contribution < 1.29 is 0 Å². The lowest BCUT2D eigenvalue weighted by molar-refractivity contribution is 0.390. The highest BCUT2D eigenvalue weighted by molar-refractivity contribution is 5.50. The molecule has 1 rings (SSSR count). The molecule has 0 aliphatic rings. The Morgan fingerprint density at radius 1 is 1.13 bits per heavy atom. The summed E-state index contributed by atoms with van der Waals surface area (Å²) in [5.41, 5.74) is 3.12. The molecule has 0 bridgehead atoms. The van der Waals surface area contributed by atoms with Crippen LogP contribution in [0.25, 0.3) is 0 Å². The standard InChI is InChI=1S/C14H23N/c1-5-12-8-6-7-9-13(12)15-11-10-14(2,3)4/h6-9,15H,5,10-11H2,1-4H3. The zero-order valence-corrected chi connectivity index (χ0v) is 10.4. The number of para-hydroxylation sites is 1. The van der Waals surface area contributed by atoms with Gasteiger partial charge in [-0.05, 0) is 29.9 Å². The highest BCUT2D eigenvalue weighted by Gasteiger charge is 2.09. The number of benzene rings is 1. The Labute approximate surface area is 93.9 Å². The monoisotopic (exact) mass is 205 g/mol. The van der Waals surface area contributed by atoms with Crippen molar-refractivity contribution in [3.8, 4) is 0 Å². The van der Waals surface area contributed by atoms with Crippen LogP contribution < -0.4 is 5.32 Å². The van der Waals surface area contributed by atoms with Crippen molar-refractivity contribution in [2.24, 2.45) is 5.41 Å². The van der Waals surface area contributed by atoms with Crippen LogP contribution in [0.1, 0.15) is 39.7 Å². The van der Waals surface area contributed by atoms with E-state index >= 15 is 0 Å². The molecule has 0 atom stereocenters. The molecule has 0 radical (unpaired) electrons. The minimum atomic E-state index is 0.411. The maximum atomic E-state index is 3.52. The molecule has 1 aromatic rings. The first kappa shape index (κ1) is 12.1. The van der Waals surface area contributed by atoms with Crippen molar-refractivity contribution in [3.63, 3.8) is 0 Å². The van der Waals surface area contributed by atoms with Gasteiger partial charge in [-0.3, -0.25) is 0 Å². The van der Waals surface area contributed by atoms with Gasteiger partial charge in [0.05, 0.1) is 0 Å². The molecule has 0 aromatic heterocycles. The maximum Gasteiger partial charge on any atom is 0.0372 e. The van der Waals surface area contributed by atoms with Crippen molar-refractivity contribution in [3.05, 3.63) is 29.8 Å². The second-order valence-corrected chi connectivity index (χ2v) is 5.25. The first-order chi connectivity index (χ1) is 7.03. The highest BCUT2D eigenvalue weighted by atomic mass is 14.9. The Kier molecular flexibility index (Phi) is 4.19. The lowest BCUT2D eigenvalue weighted by Crippen LogP contribution is -2.13. The molecule has 0 unspecified atom stereocenters. The second kappa shape index (κ2) is 5.20. The predicted molar refractivity (Wildman–Crippen MR) is 68.4 cm³/mol. The van der Waals surface area contributed by atoms with E-state index in [1.54, 1.807) is 0 Å². The van der Waals surface area contributed by atoms with Gasteiger partial charge in [-0.25, -0.2) is 0 Å². The SMILES string of the molecule is CCc1ccccc1NCCC(C)(C)C. The van der Waals surface area contributed by atoms with E-state index in [-0.39, 0.29) is 0 Å². The van der Waals surface area contributed by atoms with Gasteiger partial charge in [0, 0.05) is 12.2 Å². The summed E-state index contributed by atoms with van der Waals surface area (Å²) < 4.78 is 0. The van der Waals surface area contributed by atoms with Crippen LogP contribution in [-0.4, -0.2) is 6.54 Å². The molecule has 0 saturated heterocycles. The summed E-state index contributed by atoms with van der Waals surface area (Å²) in [4.78, 5) is 0. The van der Waals surface area contributed by atoms with Gasteiger partial charge in [-0.15, -0.1) is 0 Å². The fraction of sp³-hybridized carbons (Fsp3) is 0.571. The summed E-state index contributed by atoms with van der Waals surface area (Å²) in [5.74, 6) is 0. The van der Waals surface area contributed by atoms with Gasteiger partial charge in [0.1, 0.15) is 0 Å². The summed E-state index contributed by atoms with van der Waals surface area (Å²) in [5, 5.41) is 3.52. The molecule has 15 heavy (non-hydrogen) atoms. The largest absolute Gasteiger partial charge is 0.385 e. The molecule has 0 fully saturated rings. The molecule has 1 aromatic carbocycles. The van der Waals surface area contributed by atoms with Gasteiger partial charge >= 0.3 is 0 Å². The first-order valence-corrected chi connectivity index (χ1v) is 5.85. The Morgan fingerprint density at radius 2 is 1.80 bits per heavy atom. The fourth-order valence-corrected chi connectivity index (χ4v) is 1.57. The molecule has 1 N–H and O–H groups in total. The van der Waals surface area contributed by atoms with Crippen LogP contribution in [0, 0.1) is 5.41 Å². The number of rotatable bonds is 4. The molecule has 0 heterocycles. The first-order valence-electron chi connectivity index (χ1n) is 5.85. The van der Waals surface area contributed by atoms with Crippen LogP contribution in [0.15, 0.2) is 24.3 Å². The molecule has 0 spiro atoms. The Hall–Kier alpha value is -0.980. The van der Waals surface area contributed by atoms with E-state index in [1.807, 2.05) is 0 Å². The van der Waals surface area contributed by atoms with Crippen LogP contribution >= 0.6 is 0 Å². The molecule has 0 amide bonds. The van der Waals surface area contributed by atoms with E-state index in [4.69, 9.17) is 0 Å². The maximum absolute atomic E-state index is 3.52. The molecule has 0 saturated carbocycles. The van der Waals surface area contributed by atoms with Crippen molar-refractivity contribution in [1.29, 1.82) is 0 Å². The zero-order chi connectivity index (χ0) is 11.3. The number of aryl methyl sites for hydroxylation is 1. The predicted octanol–water partition coefficient (Wildman–Crippen LogP) is 4.10. The van der Waals surface area contributed by atoms with E-state index < -0.39 is 0 Å². The van der Waals surface area contributed by atoms with Gasteiger partial charge in [0.2, 0.25) is 0 Å². The normalized spacial score (nSPS) is 11.5. The summed E-state index contributed by atoms with van der Waals surface area (Å²) in [6, 6.07) is 8.56. The third-order valence-electron chi connectivity index (χ3n) is 2.59. The van der Waals surface area contributed by atoms with Crippen LogP contribution in [0.3, 0.4) is 0 Å². The second-order valence-electron chi connectivity index (χ2n) is 5.25. The number of hydrogen-bond acceptors (Lipinski definition) is 1. The summed E-state index contributed by atoms with van der Waals surface area (Å²) in [7, 11) is 0. The van der Waals surface area contributed by atoms with Crippen LogP contribution in [-0.2, 0) is 6.42 Å². The van der Waals surface area contributed by atoms with Crippen molar-refractivity contribution >= 4 is 5.69 Å². The van der Waals surface area contributed by atoms with Crippen LogP contribution in [0.4, 0.5) is 5.69 Å². The van der Waals surface area contributed by atoms with E-state index in [9.17, 15) is 0 Å². The smallest absolute Gasteiger partial charge is 0.0372 e. The lowest BCUT2D eigenvalue weighted by atomic mass is 9.92. The van der Waals surface area contributed by atoms with E-state index in [1.165, 1.54) is 17.7 Å². The molecule has 0 aliphatic carbocycles. The molecular weight excluding hydrogens is 182 g/mol. The lowest BCUT2D eigenvalue weighted by Gasteiger charge is -2.19. The average molecular weight is 205 g/mol. The third kappa shape index (κ3) is 4.37. The zero-order valence-electron chi connectivity index (χ0n) is 10.4. The third-order valence-corrected chi connectivity index (χ3v) is 2.59. The van der Waals surface area contributed by atoms with Crippen LogP contribution in [0.2, 0.25) is 0 Å². The molecule has 1 heteroatoms. The van der Waals surface area contributed by atoms with Crippen LogP contribution in [0.5, 0.6) is 0 Å². The minimum absolute atomic E-state index is 0.411. The number of anilines is 1. The summed E-state index contributed by atoms with van der Waals surface area (Å²) in [6.07, 6.45) is 2.30. The molecular formula is C14H23N. The van der Waals surface area contributed by atoms with Crippen molar-refractivity contribution in [2.75, 3.05) is 11.9 Å². The van der Waals surface area contributed by atoms with Crippen molar-refractivity contribution in [1.82, 2.24) is 0 Å². The quantitative estimate of drug-likeness (QED) is 0.780. The fourth-order valence-electron chi connectivity index (χ4n) is 1.57. The molecule has 1 nitrogen and oxygen atoms in total. The highest BCUT2D eigenvalue weighted by Crippen LogP contribution is 2.20.